The van der Waals surface area contributed by atoms with E-state index in [4.69, 9.17) is 21.7 Å². The molecule has 1 aliphatic heterocycles. The van der Waals surface area contributed by atoms with Gasteiger partial charge in [0.05, 0.1) is 12.3 Å². The van der Waals surface area contributed by atoms with Crippen molar-refractivity contribution < 1.29 is 23.5 Å². The topological polar surface area (TPSA) is 67.9 Å². The number of thiocarbonyl (C=S) groups is 1. The normalized spacial score (nSPS) is 14.8. The zero-order chi connectivity index (χ0) is 24.1. The molecule has 1 N–H and O–H groups in total. The number of benzene rings is 3. The van der Waals surface area contributed by atoms with E-state index in [1.165, 1.54) is 23.1 Å². The number of anilines is 1. The Morgan fingerprint density at radius 3 is 2.41 bits per heavy atom. The maximum Gasteiger partial charge on any atom is 0.270 e. The van der Waals surface area contributed by atoms with Crippen LogP contribution in [0.1, 0.15) is 18.1 Å². The second-order valence-electron chi connectivity index (χ2n) is 7.35. The van der Waals surface area contributed by atoms with Gasteiger partial charge < -0.3 is 9.47 Å². The van der Waals surface area contributed by atoms with E-state index in [0.29, 0.717) is 29.4 Å². The number of para-hydroxylation sites is 1. The number of nitrogens with one attached hydrogen (secondary N) is 1. The van der Waals surface area contributed by atoms with Crippen molar-refractivity contribution in [2.45, 2.75) is 13.5 Å². The van der Waals surface area contributed by atoms with Crippen LogP contribution >= 0.6 is 12.2 Å². The van der Waals surface area contributed by atoms with Crippen LogP contribution in [0.2, 0.25) is 0 Å². The highest BCUT2D eigenvalue weighted by molar-refractivity contribution is 7.80. The molecule has 1 heterocycles. The lowest BCUT2D eigenvalue weighted by Crippen LogP contribution is -2.54. The third-order valence-electron chi connectivity index (χ3n) is 5.00. The first-order valence-electron chi connectivity index (χ1n) is 10.6. The summed E-state index contributed by atoms with van der Waals surface area (Å²) < 4.78 is 24.7. The van der Waals surface area contributed by atoms with Crippen molar-refractivity contribution in [1.29, 1.82) is 0 Å². The predicted octanol–water partition coefficient (Wildman–Crippen LogP) is 4.63. The minimum absolute atomic E-state index is 0.0258. The van der Waals surface area contributed by atoms with Gasteiger partial charge >= 0.3 is 0 Å². The summed E-state index contributed by atoms with van der Waals surface area (Å²) in [5, 5.41) is 2.59. The minimum Gasteiger partial charge on any atom is -0.490 e. The predicted molar refractivity (Wildman–Crippen MR) is 131 cm³/mol. The lowest BCUT2D eigenvalue weighted by molar-refractivity contribution is -0.122. The number of carbonyl (C=O) groups is 2. The van der Waals surface area contributed by atoms with Crippen LogP contribution < -0.4 is 19.7 Å². The molecule has 3 aromatic rings. The fourth-order valence-electron chi connectivity index (χ4n) is 3.38. The molecule has 1 saturated heterocycles. The van der Waals surface area contributed by atoms with E-state index in [2.05, 4.69) is 5.32 Å². The maximum atomic E-state index is 13.1. The molecule has 0 unspecified atom stereocenters. The number of hydrogen-bond acceptors (Lipinski definition) is 5. The summed E-state index contributed by atoms with van der Waals surface area (Å²) in [6.07, 6.45) is 1.49. The number of hydrogen-bond donors (Lipinski definition) is 1. The largest absolute Gasteiger partial charge is 0.490 e. The number of nitrogens with zero attached hydrogens (tertiary/aromatic N) is 1. The van der Waals surface area contributed by atoms with Crippen LogP contribution in [-0.4, -0.2) is 23.5 Å². The Morgan fingerprint density at radius 2 is 1.71 bits per heavy atom. The fraction of sp³-hybridized carbons (Fsp3) is 0.115. The first kappa shape index (κ1) is 23.1. The molecule has 0 spiro atoms. The van der Waals surface area contributed by atoms with Gasteiger partial charge in [-0.2, -0.15) is 0 Å². The van der Waals surface area contributed by atoms with E-state index in [1.807, 2.05) is 13.0 Å². The Kier molecular flexibility index (Phi) is 6.98. The van der Waals surface area contributed by atoms with Crippen molar-refractivity contribution in [2.24, 2.45) is 0 Å². The molecule has 3 aromatic carbocycles. The average Bonchev–Trinajstić information content (AvgIpc) is 2.83. The maximum absolute atomic E-state index is 13.1. The molecule has 0 aliphatic carbocycles. The van der Waals surface area contributed by atoms with Gasteiger partial charge in [0.2, 0.25) is 0 Å². The van der Waals surface area contributed by atoms with Crippen LogP contribution in [0.4, 0.5) is 10.1 Å². The number of rotatable bonds is 7. The Hall–Kier alpha value is -4.04. The summed E-state index contributed by atoms with van der Waals surface area (Å²) in [6.45, 7) is 2.46. The summed E-state index contributed by atoms with van der Waals surface area (Å²) in [6, 6.07) is 20.0. The molecule has 4 rings (SSSR count). The van der Waals surface area contributed by atoms with Crippen LogP contribution in [0.5, 0.6) is 11.5 Å². The Labute approximate surface area is 201 Å². The van der Waals surface area contributed by atoms with Gasteiger partial charge in [-0.05, 0) is 72.7 Å². The lowest BCUT2D eigenvalue weighted by atomic mass is 10.1. The van der Waals surface area contributed by atoms with Gasteiger partial charge in [-0.1, -0.05) is 36.4 Å². The number of carbonyl (C=O) groups excluding carboxylic acids is 2. The van der Waals surface area contributed by atoms with Gasteiger partial charge in [0.25, 0.3) is 11.8 Å². The average molecular weight is 477 g/mol. The molecular formula is C26H21FN2O4S. The van der Waals surface area contributed by atoms with Gasteiger partial charge in [-0.25, -0.2) is 4.39 Å². The molecule has 0 bridgehead atoms. The smallest absolute Gasteiger partial charge is 0.270 e. The molecular weight excluding hydrogens is 455 g/mol. The molecule has 34 heavy (non-hydrogen) atoms. The SMILES string of the molecule is CCOc1cc(/C=C2/C(=O)NC(=S)N(c3ccccc3)C2=O)ccc1OCc1ccc(F)cc1. The van der Waals surface area contributed by atoms with Crippen LogP contribution in [0.3, 0.4) is 0 Å². The molecule has 0 radical (unpaired) electrons. The van der Waals surface area contributed by atoms with Crippen molar-refractivity contribution in [3.63, 3.8) is 0 Å². The van der Waals surface area contributed by atoms with E-state index in [9.17, 15) is 14.0 Å². The molecule has 0 saturated carbocycles. The lowest BCUT2D eigenvalue weighted by Gasteiger charge is -2.28. The van der Waals surface area contributed by atoms with E-state index in [0.717, 1.165) is 5.56 Å². The standard InChI is InChI=1S/C26H21FN2O4S/c1-2-32-23-15-18(10-13-22(23)33-16-17-8-11-19(27)12-9-17)14-21-24(30)28-26(34)29(25(21)31)20-6-4-3-5-7-20/h3-15H,2,16H2,1H3,(H,28,30,34)/b21-14-. The highest BCUT2D eigenvalue weighted by atomic mass is 32.1. The molecule has 6 nitrogen and oxygen atoms in total. The van der Waals surface area contributed by atoms with Crippen molar-refractivity contribution in [3.05, 3.63) is 95.3 Å². The van der Waals surface area contributed by atoms with E-state index in [-0.39, 0.29) is 23.1 Å². The van der Waals surface area contributed by atoms with Crippen LogP contribution in [0, 0.1) is 5.82 Å². The Morgan fingerprint density at radius 1 is 0.971 bits per heavy atom. The van der Waals surface area contributed by atoms with Gasteiger partial charge in [0.1, 0.15) is 18.0 Å². The highest BCUT2D eigenvalue weighted by Gasteiger charge is 2.34. The van der Waals surface area contributed by atoms with Crippen molar-refractivity contribution in [1.82, 2.24) is 5.32 Å². The van der Waals surface area contributed by atoms with Gasteiger partial charge in [-0.15, -0.1) is 0 Å². The fourth-order valence-corrected chi connectivity index (χ4v) is 3.66. The zero-order valence-corrected chi connectivity index (χ0v) is 19.1. The molecule has 172 valence electrons. The first-order chi connectivity index (χ1) is 16.5. The van der Waals surface area contributed by atoms with E-state index in [1.54, 1.807) is 54.6 Å². The number of halogens is 1. The van der Waals surface area contributed by atoms with Gasteiger partial charge in [0.15, 0.2) is 16.6 Å². The van der Waals surface area contributed by atoms with E-state index >= 15 is 0 Å². The van der Waals surface area contributed by atoms with Crippen molar-refractivity contribution >= 4 is 40.9 Å². The summed E-state index contributed by atoms with van der Waals surface area (Å²) in [5.74, 6) is -0.465. The van der Waals surface area contributed by atoms with Gasteiger partial charge in [-0.3, -0.25) is 19.8 Å². The van der Waals surface area contributed by atoms with Crippen LogP contribution in [0.25, 0.3) is 6.08 Å². The number of ether oxygens (including phenoxy) is 2. The molecule has 2 amide bonds. The summed E-state index contributed by atoms with van der Waals surface area (Å²) in [4.78, 5) is 27.0. The zero-order valence-electron chi connectivity index (χ0n) is 18.3. The molecule has 8 heteroatoms. The second kappa shape index (κ2) is 10.3. The highest BCUT2D eigenvalue weighted by Crippen LogP contribution is 2.31. The summed E-state index contributed by atoms with van der Waals surface area (Å²) >= 11 is 5.22. The molecule has 1 fully saturated rings. The van der Waals surface area contributed by atoms with E-state index < -0.39 is 11.8 Å². The van der Waals surface area contributed by atoms with Crippen LogP contribution in [0.15, 0.2) is 78.4 Å². The van der Waals surface area contributed by atoms with Crippen molar-refractivity contribution in [2.75, 3.05) is 11.5 Å². The quantitative estimate of drug-likeness (QED) is 0.306. The second-order valence-corrected chi connectivity index (χ2v) is 7.73. The monoisotopic (exact) mass is 476 g/mol. The molecule has 0 aromatic heterocycles. The van der Waals surface area contributed by atoms with Crippen LogP contribution in [-0.2, 0) is 16.2 Å². The summed E-state index contributed by atoms with van der Waals surface area (Å²) in [5.41, 5.74) is 1.89. The Bertz CT molecular complexity index is 1260. The third kappa shape index (κ3) is 5.13. The third-order valence-corrected chi connectivity index (χ3v) is 5.29. The van der Waals surface area contributed by atoms with Crippen molar-refractivity contribution in [3.8, 4) is 11.5 Å². The molecule has 0 atom stereocenters. The Balaban J connectivity index is 1.60. The van der Waals surface area contributed by atoms with Gasteiger partial charge in [0, 0.05) is 0 Å². The summed E-state index contributed by atoms with van der Waals surface area (Å²) in [7, 11) is 0. The number of amides is 2. The minimum atomic E-state index is -0.572. The molecule has 1 aliphatic rings. The first-order valence-corrected chi connectivity index (χ1v) is 11.0.